The van der Waals surface area contributed by atoms with Crippen LogP contribution in [-0.2, 0) is 0 Å². The van der Waals surface area contributed by atoms with Gasteiger partial charge in [0.2, 0.25) is 0 Å². The van der Waals surface area contributed by atoms with Crippen molar-refractivity contribution >= 4 is 136 Å². The molecule has 0 aliphatic carbocycles. The molecule has 2 unspecified atom stereocenters. The molecule has 0 aliphatic rings. The van der Waals surface area contributed by atoms with E-state index in [1.165, 1.54) is 49.6 Å². The minimum atomic E-state index is -0.914. The summed E-state index contributed by atoms with van der Waals surface area (Å²) in [7, 11) is 0.333. The second-order valence-electron chi connectivity index (χ2n) is 11.7. The van der Waals surface area contributed by atoms with Crippen LogP contribution < -0.4 is 17.0 Å². The Labute approximate surface area is 431 Å². The van der Waals surface area contributed by atoms with Crippen molar-refractivity contribution in [2.24, 2.45) is 0 Å². The molecule has 9 nitrogen and oxygen atoms in total. The number of carbonyl (C=O) groups excluding carboxylic acids is 2. The molecule has 0 saturated carbocycles. The van der Waals surface area contributed by atoms with E-state index >= 15 is 0 Å². The summed E-state index contributed by atoms with van der Waals surface area (Å²) in [6, 6.07) is 23.9. The zero-order chi connectivity index (χ0) is 44.4. The first-order chi connectivity index (χ1) is 27.8. The molecule has 7 rings (SSSR count). The number of benzene rings is 5. The van der Waals surface area contributed by atoms with Crippen LogP contribution in [0.5, 0.6) is 0 Å². The molecular weight excluding hydrogens is 1180 g/mol. The molecule has 0 fully saturated rings. The smallest absolute Gasteiger partial charge is 1.00 e. The van der Waals surface area contributed by atoms with Crippen molar-refractivity contribution in [1.29, 1.82) is 1.28 Å². The van der Waals surface area contributed by atoms with Crippen molar-refractivity contribution in [3.05, 3.63) is 167 Å². The second kappa shape index (κ2) is 33.6. The predicted molar refractivity (Wildman–Crippen MR) is 266 cm³/mol. The SMILES string of the molecule is C.C.CC(=O)c1cc(Br)ccc1F.CC(O)c1cc(Br)ccc1F.Cc1[nH]nc2ccc(Br)cc12.Cc1[nH]nc2ccc(C(=O)O)cc12.O=Cc1cc(Br)ccc1F.[2H]PC.[Br-].[CH3-].[Mg+2]. The Morgan fingerprint density at radius 1 is 0.746 bits per heavy atom. The number of nitrogens with zero attached hydrogens (tertiary/aromatic N) is 2. The number of Topliss-reactive ketones (excluding diaryl/α,β-unsaturated/α-hetero) is 1. The molecule has 4 N–H and O–H groups in total. The van der Waals surface area contributed by atoms with Crippen LogP contribution in [0.3, 0.4) is 0 Å². The van der Waals surface area contributed by atoms with Gasteiger partial charge in [-0.05, 0) is 119 Å². The van der Waals surface area contributed by atoms with Crippen LogP contribution in [0, 0.1) is 38.7 Å². The number of H-pyrrole nitrogens is 2. The first-order valence-electron chi connectivity index (χ1n) is 17.2. The maximum absolute atomic E-state index is 12.8. The van der Waals surface area contributed by atoms with Gasteiger partial charge in [-0.15, -0.1) is 9.18 Å². The Hall–Kier alpha value is -2.80. The van der Waals surface area contributed by atoms with E-state index in [0.717, 1.165) is 36.8 Å². The standard InChI is InChI=1S/C9H8N2O2.C8H8BrFO.C8H6BrFO.C8H7BrN2.C7H4BrFO.CH5P.2CH4.CH3.BrH.Mg/c1-5-7-4-6(9(12)13)2-3-8(7)11-10-5;2*1-5(11)7-4-6(9)2-3-8(7)10;1-5-7-4-6(9)2-3-8(7)11-10-5;8-6-1-2-7(9)5(3-6)4-10;1-2;;;;;/h2-4H,1H3,(H,10,11)(H,12,13);2-5,11H,1H3;2-4H,1H3;2-4H,1H3,(H,10,11);1-4H;2H2,1H3;2*1H4;1H3;1H;/q;;;;;;;;-1;;+2/p-1/i;;;;;2D;;;;;. The average Bonchev–Trinajstić information content (AvgIpc) is 3.76. The number of ketones is 1. The first kappa shape index (κ1) is 64.5. The molecule has 2 heterocycles. The van der Waals surface area contributed by atoms with E-state index < -0.39 is 23.7 Å². The van der Waals surface area contributed by atoms with Crippen LogP contribution in [-0.4, -0.2) is 79.6 Å². The van der Waals surface area contributed by atoms with Gasteiger partial charge in [-0.25, -0.2) is 18.0 Å². The van der Waals surface area contributed by atoms with Gasteiger partial charge in [-0.1, -0.05) is 85.2 Å². The Balaban J connectivity index is -0.000000340. The van der Waals surface area contributed by atoms with Gasteiger partial charge < -0.3 is 34.6 Å². The number of rotatable bonds is 4. The zero-order valence-corrected chi connectivity index (χ0v) is 43.9. The summed E-state index contributed by atoms with van der Waals surface area (Å²) in [5, 5.41) is 33.7. The van der Waals surface area contributed by atoms with Gasteiger partial charge in [0, 0.05) is 45.6 Å². The number of fused-ring (bicyclic) bond motifs is 2. The number of aliphatic hydroxyl groups excluding tert-OH is 1. The summed E-state index contributed by atoms with van der Waals surface area (Å²) >= 11 is 12.9. The summed E-state index contributed by atoms with van der Waals surface area (Å²) < 4.78 is 47.7. The minimum Gasteiger partial charge on any atom is -1.00 e. The van der Waals surface area contributed by atoms with Crippen LogP contribution in [0.25, 0.3) is 21.8 Å². The molecule has 2 atom stereocenters. The second-order valence-corrected chi connectivity index (χ2v) is 15.4. The van der Waals surface area contributed by atoms with Crippen molar-refractivity contribution in [2.45, 2.75) is 48.7 Å². The number of aromatic nitrogens is 4. The Bertz CT molecular complexity index is 2520. The van der Waals surface area contributed by atoms with Gasteiger partial charge in [-0.2, -0.15) is 10.2 Å². The van der Waals surface area contributed by atoms with Gasteiger partial charge in [0.05, 0.1) is 35.1 Å². The van der Waals surface area contributed by atoms with Crippen molar-refractivity contribution in [3.63, 3.8) is 0 Å². The number of carboxylic acids is 1. The van der Waals surface area contributed by atoms with E-state index in [4.69, 9.17) is 11.5 Å². The number of hydrogen-bond donors (Lipinski definition) is 4. The maximum atomic E-state index is 12.8. The number of carbonyl (C=O) groups is 3. The molecule has 0 radical (unpaired) electrons. The van der Waals surface area contributed by atoms with Gasteiger partial charge >= 0.3 is 29.0 Å². The molecule has 5 aromatic carbocycles. The van der Waals surface area contributed by atoms with Crippen molar-refractivity contribution < 1.29 is 54.7 Å². The van der Waals surface area contributed by atoms with E-state index in [9.17, 15) is 27.6 Å². The fourth-order valence-corrected chi connectivity index (χ4v) is 6.07. The average molecular weight is 1230 g/mol. The van der Waals surface area contributed by atoms with Crippen LogP contribution in [0.1, 0.15) is 82.8 Å². The van der Waals surface area contributed by atoms with Crippen LogP contribution >= 0.6 is 72.9 Å². The number of aromatic carboxylic acids is 1. The van der Waals surface area contributed by atoms with Gasteiger partial charge in [0.1, 0.15) is 17.5 Å². The number of aldehydes is 1. The number of aliphatic hydroxyl groups is 1. The molecule has 0 saturated heterocycles. The number of hydrogen-bond acceptors (Lipinski definition) is 6. The third kappa shape index (κ3) is 21.8. The van der Waals surface area contributed by atoms with Gasteiger partial charge in [0.25, 0.3) is 0 Å². The van der Waals surface area contributed by atoms with Crippen molar-refractivity contribution in [2.75, 3.05) is 6.66 Å². The molecule has 338 valence electrons. The van der Waals surface area contributed by atoms with Gasteiger partial charge in [-0.3, -0.25) is 19.8 Å². The monoisotopic (exact) mass is 1220 g/mol. The van der Waals surface area contributed by atoms with Gasteiger partial charge in [0.15, 0.2) is 12.1 Å². The maximum Gasteiger partial charge on any atom is 2.00 e. The number of aryl methyl sites for hydroxylation is 2. The number of aromatic amines is 2. The summed E-state index contributed by atoms with van der Waals surface area (Å²) in [6.07, 6.45) is -0.271. The fourth-order valence-electron chi connectivity index (χ4n) is 4.59. The molecule has 0 amide bonds. The van der Waals surface area contributed by atoms with E-state index in [1.54, 1.807) is 42.5 Å². The minimum absolute atomic E-state index is 0. The summed E-state index contributed by atoms with van der Waals surface area (Å²) in [6.45, 7) is 8.57. The topological polar surface area (TPSA) is 149 Å². The predicted octanol–water partition coefficient (Wildman–Crippen LogP) is 10.9. The van der Waals surface area contributed by atoms with Crippen LogP contribution in [0.15, 0.2) is 109 Å². The largest absolute Gasteiger partial charge is 2.00 e. The summed E-state index contributed by atoms with van der Waals surface area (Å²) in [4.78, 5) is 31.5. The van der Waals surface area contributed by atoms with Crippen molar-refractivity contribution in [1.82, 2.24) is 20.4 Å². The van der Waals surface area contributed by atoms with Crippen LogP contribution in [0.4, 0.5) is 13.2 Å². The van der Waals surface area contributed by atoms with E-state index in [2.05, 4.69) is 90.2 Å². The normalized spacial score (nSPS) is 10.0. The van der Waals surface area contributed by atoms with Crippen molar-refractivity contribution in [3.8, 4) is 0 Å². The Morgan fingerprint density at radius 3 is 1.59 bits per heavy atom. The first-order valence-corrected chi connectivity index (χ1v) is 20.9. The molecule has 7 aromatic rings. The molecule has 19 heteroatoms. The molecule has 0 bridgehead atoms. The molecule has 0 spiro atoms. The third-order valence-electron chi connectivity index (χ3n) is 7.50. The zero-order valence-electron chi connectivity index (χ0n) is 34.6. The third-order valence-corrected chi connectivity index (χ3v) is 9.47. The Kier molecular flexibility index (Phi) is 34.4. The van der Waals surface area contributed by atoms with E-state index in [0.29, 0.717) is 30.0 Å². The molecule has 63 heavy (non-hydrogen) atoms. The van der Waals surface area contributed by atoms with E-state index in [1.807, 2.05) is 32.6 Å². The Morgan fingerprint density at radius 2 is 1.16 bits per heavy atom. The molecule has 2 aromatic heterocycles. The number of nitrogens with one attached hydrogen (secondary N) is 2. The molecular formula is C44H49Br5F3MgN4O5P. The number of halogens is 8. The molecule has 0 aliphatic heterocycles. The summed E-state index contributed by atoms with van der Waals surface area (Å²) in [5.41, 5.74) is 4.62. The van der Waals surface area contributed by atoms with Crippen LogP contribution in [0.2, 0.25) is 0 Å². The fraction of sp³-hybridized carbons (Fsp3) is 0.182. The number of carboxylic acid groups (broad SMARTS) is 1. The van der Waals surface area contributed by atoms with E-state index in [-0.39, 0.29) is 90.6 Å². The quantitative estimate of drug-likeness (QED) is 0.0451. The summed E-state index contributed by atoms with van der Waals surface area (Å²) in [5.74, 6) is -2.51.